The largest absolute Gasteiger partial charge is 0.370 e. The van der Waals surface area contributed by atoms with Crippen LogP contribution in [0, 0.1) is 6.92 Å². The fourth-order valence-electron chi connectivity index (χ4n) is 2.43. The van der Waals surface area contributed by atoms with Crippen LogP contribution in [-0.2, 0) is 16.4 Å². The number of pyridine rings is 1. The molecule has 0 aliphatic heterocycles. The number of hydrogen-bond acceptors (Lipinski definition) is 4. The number of nitrogens with one attached hydrogen (secondary N) is 1. The molecule has 1 heterocycles. The summed E-state index contributed by atoms with van der Waals surface area (Å²) < 4.78 is 25.3. The van der Waals surface area contributed by atoms with E-state index in [2.05, 4.69) is 15.3 Å². The molecule has 27 heavy (non-hydrogen) atoms. The van der Waals surface area contributed by atoms with Gasteiger partial charge in [-0.1, -0.05) is 29.8 Å². The molecule has 0 radical (unpaired) electrons. The fourth-order valence-corrected chi connectivity index (χ4v) is 3.69. The van der Waals surface area contributed by atoms with Gasteiger partial charge in [0.25, 0.3) is 0 Å². The maximum absolute atomic E-state index is 12.7. The highest BCUT2D eigenvalue weighted by Gasteiger charge is 2.17. The Bertz CT molecular complexity index is 1030. The summed E-state index contributed by atoms with van der Waals surface area (Å²) in [4.78, 5) is 8.73. The van der Waals surface area contributed by atoms with E-state index in [0.717, 1.165) is 16.8 Å². The molecule has 138 valence electrons. The van der Waals surface area contributed by atoms with Gasteiger partial charge < -0.3 is 11.1 Å². The van der Waals surface area contributed by atoms with Crippen molar-refractivity contribution in [2.24, 2.45) is 10.7 Å². The highest BCUT2D eigenvalue weighted by molar-refractivity contribution is 7.91. The lowest BCUT2D eigenvalue weighted by Crippen LogP contribution is -2.22. The van der Waals surface area contributed by atoms with Crippen LogP contribution < -0.4 is 11.1 Å². The molecule has 2 aromatic carbocycles. The first kappa shape index (κ1) is 18.6. The SMILES string of the molecule is Cc1ccc(S(=O)(=O)c2ccc(CN=C(N)Nc3ccncc3)cc2)cc1. The topological polar surface area (TPSA) is 97.4 Å². The Morgan fingerprint density at radius 1 is 0.963 bits per heavy atom. The molecule has 0 fully saturated rings. The number of rotatable bonds is 5. The van der Waals surface area contributed by atoms with Crippen LogP contribution in [-0.4, -0.2) is 19.4 Å². The number of aromatic nitrogens is 1. The lowest BCUT2D eigenvalue weighted by molar-refractivity contribution is 0.596. The molecule has 0 amide bonds. The standard InChI is InChI=1S/C20H20N4O2S/c1-15-2-6-18(7-3-15)27(25,26)19-8-4-16(5-9-19)14-23-20(21)24-17-10-12-22-13-11-17/h2-13H,14H2,1H3,(H3,21,22,23,24). The highest BCUT2D eigenvalue weighted by atomic mass is 32.2. The first-order valence-corrected chi connectivity index (χ1v) is 9.81. The number of benzene rings is 2. The molecular formula is C20H20N4O2S. The van der Waals surface area contributed by atoms with Gasteiger partial charge in [0.1, 0.15) is 0 Å². The van der Waals surface area contributed by atoms with Gasteiger partial charge in [0.2, 0.25) is 9.84 Å². The molecule has 1 aromatic heterocycles. The number of aryl methyl sites for hydroxylation is 1. The van der Waals surface area contributed by atoms with Crippen LogP contribution >= 0.6 is 0 Å². The number of sulfone groups is 1. The van der Waals surface area contributed by atoms with E-state index >= 15 is 0 Å². The van der Waals surface area contributed by atoms with Crippen LogP contribution in [0.15, 0.2) is 87.8 Å². The number of anilines is 1. The first-order valence-electron chi connectivity index (χ1n) is 8.33. The molecule has 0 saturated carbocycles. The van der Waals surface area contributed by atoms with Crippen LogP contribution in [0.2, 0.25) is 0 Å². The van der Waals surface area contributed by atoms with Gasteiger partial charge in [0.05, 0.1) is 16.3 Å². The number of aliphatic imine (C=N–C) groups is 1. The van der Waals surface area contributed by atoms with Crippen LogP contribution in [0.5, 0.6) is 0 Å². The number of nitrogens with two attached hydrogens (primary N) is 1. The smallest absolute Gasteiger partial charge is 0.206 e. The van der Waals surface area contributed by atoms with Gasteiger partial charge in [-0.05, 0) is 48.9 Å². The van der Waals surface area contributed by atoms with Gasteiger partial charge in [0.15, 0.2) is 5.96 Å². The summed E-state index contributed by atoms with van der Waals surface area (Å²) in [5.74, 6) is 0.276. The Morgan fingerprint density at radius 2 is 1.52 bits per heavy atom. The average molecular weight is 380 g/mol. The van der Waals surface area contributed by atoms with E-state index in [4.69, 9.17) is 5.73 Å². The van der Waals surface area contributed by atoms with Gasteiger partial charge in [-0.15, -0.1) is 0 Å². The quantitative estimate of drug-likeness (QED) is 0.523. The molecule has 3 aromatic rings. The molecule has 0 aliphatic rings. The highest BCUT2D eigenvalue weighted by Crippen LogP contribution is 2.21. The Labute approximate surface area is 158 Å². The van der Waals surface area contributed by atoms with E-state index in [1.165, 1.54) is 0 Å². The van der Waals surface area contributed by atoms with Gasteiger partial charge in [-0.3, -0.25) is 4.98 Å². The Kier molecular flexibility index (Phi) is 5.52. The summed E-state index contributed by atoms with van der Waals surface area (Å²) in [5.41, 5.74) is 8.53. The molecule has 7 heteroatoms. The maximum Gasteiger partial charge on any atom is 0.206 e. The average Bonchev–Trinajstić information content (AvgIpc) is 2.68. The van der Waals surface area contributed by atoms with Crippen molar-refractivity contribution in [3.8, 4) is 0 Å². The van der Waals surface area contributed by atoms with E-state index in [-0.39, 0.29) is 15.8 Å². The normalized spacial score (nSPS) is 12.0. The van der Waals surface area contributed by atoms with Crippen LogP contribution in [0.1, 0.15) is 11.1 Å². The number of nitrogens with zero attached hydrogens (tertiary/aromatic N) is 2. The van der Waals surface area contributed by atoms with Crippen molar-refractivity contribution in [1.82, 2.24) is 4.98 Å². The molecule has 0 unspecified atom stereocenters. The minimum absolute atomic E-state index is 0.252. The zero-order valence-corrected chi connectivity index (χ0v) is 15.6. The molecule has 0 atom stereocenters. The summed E-state index contributed by atoms with van der Waals surface area (Å²) in [6.07, 6.45) is 3.31. The van der Waals surface area contributed by atoms with E-state index in [1.807, 2.05) is 6.92 Å². The van der Waals surface area contributed by atoms with Gasteiger partial charge >= 0.3 is 0 Å². The summed E-state index contributed by atoms with van der Waals surface area (Å²) in [5, 5.41) is 2.97. The monoisotopic (exact) mass is 380 g/mol. The summed E-state index contributed by atoms with van der Waals surface area (Å²) in [6, 6.07) is 17.0. The van der Waals surface area contributed by atoms with Crippen molar-refractivity contribution in [3.05, 3.63) is 84.2 Å². The number of guanidine groups is 1. The zero-order chi connectivity index (χ0) is 19.3. The van der Waals surface area contributed by atoms with E-state index in [0.29, 0.717) is 6.54 Å². The van der Waals surface area contributed by atoms with Gasteiger partial charge in [-0.2, -0.15) is 0 Å². The summed E-state index contributed by atoms with van der Waals surface area (Å²) in [6.45, 7) is 2.26. The molecule has 3 rings (SSSR count). The lowest BCUT2D eigenvalue weighted by atomic mass is 10.2. The predicted molar refractivity (Wildman–Crippen MR) is 106 cm³/mol. The second kappa shape index (κ2) is 8.01. The Balaban J connectivity index is 1.70. The maximum atomic E-state index is 12.7. The molecule has 3 N–H and O–H groups in total. The van der Waals surface area contributed by atoms with Crippen LogP contribution in [0.4, 0.5) is 5.69 Å². The molecular weight excluding hydrogens is 360 g/mol. The van der Waals surface area contributed by atoms with Crippen molar-refractivity contribution < 1.29 is 8.42 Å². The minimum atomic E-state index is -3.52. The second-order valence-electron chi connectivity index (χ2n) is 6.02. The van der Waals surface area contributed by atoms with Crippen molar-refractivity contribution in [3.63, 3.8) is 0 Å². The fraction of sp³-hybridized carbons (Fsp3) is 0.100. The predicted octanol–water partition coefficient (Wildman–Crippen LogP) is 3.15. The molecule has 0 spiro atoms. The molecule has 0 aliphatic carbocycles. The molecule has 0 saturated heterocycles. The Morgan fingerprint density at radius 3 is 2.11 bits per heavy atom. The summed E-state index contributed by atoms with van der Waals surface area (Å²) in [7, 11) is -3.52. The van der Waals surface area contributed by atoms with Crippen molar-refractivity contribution in [2.75, 3.05) is 5.32 Å². The third-order valence-corrected chi connectivity index (χ3v) is 5.74. The first-order chi connectivity index (χ1) is 12.9. The Hall–Kier alpha value is -3.19. The van der Waals surface area contributed by atoms with E-state index < -0.39 is 9.84 Å². The van der Waals surface area contributed by atoms with E-state index in [9.17, 15) is 8.42 Å². The lowest BCUT2D eigenvalue weighted by Gasteiger charge is -2.07. The zero-order valence-electron chi connectivity index (χ0n) is 14.8. The van der Waals surface area contributed by atoms with E-state index in [1.54, 1.807) is 73.1 Å². The van der Waals surface area contributed by atoms with Crippen LogP contribution in [0.25, 0.3) is 0 Å². The third-order valence-electron chi connectivity index (χ3n) is 3.95. The number of hydrogen-bond donors (Lipinski definition) is 2. The van der Waals surface area contributed by atoms with Crippen molar-refractivity contribution in [2.45, 2.75) is 23.3 Å². The molecule has 0 bridgehead atoms. The second-order valence-corrected chi connectivity index (χ2v) is 7.97. The van der Waals surface area contributed by atoms with Gasteiger partial charge in [-0.25, -0.2) is 13.4 Å². The minimum Gasteiger partial charge on any atom is -0.370 e. The van der Waals surface area contributed by atoms with Crippen molar-refractivity contribution >= 4 is 21.5 Å². The summed E-state index contributed by atoms with van der Waals surface area (Å²) >= 11 is 0. The molecule has 6 nitrogen and oxygen atoms in total. The van der Waals surface area contributed by atoms with Crippen molar-refractivity contribution in [1.29, 1.82) is 0 Å². The third kappa shape index (κ3) is 4.71. The van der Waals surface area contributed by atoms with Gasteiger partial charge in [0, 0.05) is 18.1 Å². The van der Waals surface area contributed by atoms with Crippen LogP contribution in [0.3, 0.4) is 0 Å².